The minimum atomic E-state index is 1.13. The molecule has 0 unspecified atom stereocenters. The second-order valence-corrected chi connectivity index (χ2v) is 14.8. The third-order valence-electron chi connectivity index (χ3n) is 9.63. The quantitative estimate of drug-likeness (QED) is 0.178. The molecule has 0 fully saturated rings. The molecule has 8 aromatic carbocycles. The van der Waals surface area contributed by atoms with Crippen molar-refractivity contribution in [1.29, 1.82) is 0 Å². The van der Waals surface area contributed by atoms with Crippen molar-refractivity contribution in [2.24, 2.45) is 0 Å². The summed E-state index contributed by atoms with van der Waals surface area (Å²) in [5.41, 5.74) is 8.25. The highest BCUT2D eigenvalue weighted by atomic mass is 32.1. The lowest BCUT2D eigenvalue weighted by atomic mass is 9.99. The van der Waals surface area contributed by atoms with Crippen LogP contribution in [0, 0.1) is 0 Å². The molecule has 230 valence electrons. The molecule has 10 aromatic rings. The molecule has 10 rings (SSSR count). The summed E-state index contributed by atoms with van der Waals surface area (Å²) in [4.78, 5) is 2.39. The van der Waals surface area contributed by atoms with Gasteiger partial charge in [-0.15, -0.1) is 22.7 Å². The van der Waals surface area contributed by atoms with Crippen molar-refractivity contribution < 1.29 is 0 Å². The molecule has 2 aromatic heterocycles. The minimum absolute atomic E-state index is 1.13. The fourth-order valence-electron chi connectivity index (χ4n) is 7.21. The van der Waals surface area contributed by atoms with E-state index in [0.29, 0.717) is 0 Å². The van der Waals surface area contributed by atoms with Crippen LogP contribution in [-0.2, 0) is 0 Å². The largest absolute Gasteiger partial charge is 0.310 e. The zero-order valence-electron chi connectivity index (χ0n) is 26.5. The molecular formula is C46H29NS2. The van der Waals surface area contributed by atoms with Gasteiger partial charge in [-0.25, -0.2) is 0 Å². The highest BCUT2D eigenvalue weighted by Crippen LogP contribution is 2.42. The maximum Gasteiger partial charge on any atom is 0.0476 e. The molecule has 0 atom stereocenters. The van der Waals surface area contributed by atoms with Gasteiger partial charge in [0.05, 0.1) is 0 Å². The summed E-state index contributed by atoms with van der Waals surface area (Å²) < 4.78 is 5.30. The number of rotatable bonds is 5. The third kappa shape index (κ3) is 4.90. The molecule has 0 radical (unpaired) electrons. The molecule has 49 heavy (non-hydrogen) atoms. The molecule has 0 spiro atoms. The van der Waals surface area contributed by atoms with E-state index in [-0.39, 0.29) is 0 Å². The number of fused-ring (bicyclic) bond motifs is 7. The predicted octanol–water partition coefficient (Wildman–Crippen LogP) is 14.4. The molecule has 0 bridgehead atoms. The molecule has 2 heterocycles. The lowest BCUT2D eigenvalue weighted by Gasteiger charge is -2.26. The van der Waals surface area contributed by atoms with Gasteiger partial charge in [0.25, 0.3) is 0 Å². The summed E-state index contributed by atoms with van der Waals surface area (Å²) in [6.45, 7) is 0. The SMILES string of the molecule is c1ccc(-c2cccc(N(c3ccc(-c4ccc5cc6sc7ccccc7c6cc5c4)cc3)c3ccc4c(c3)sc3ccccc34)c2)cc1. The Morgan fingerprint density at radius 1 is 0.286 bits per heavy atom. The van der Waals surface area contributed by atoms with Gasteiger partial charge in [-0.3, -0.25) is 0 Å². The first-order valence-corrected chi connectivity index (χ1v) is 18.2. The monoisotopic (exact) mass is 659 g/mol. The van der Waals surface area contributed by atoms with Crippen LogP contribution in [0.5, 0.6) is 0 Å². The van der Waals surface area contributed by atoms with Crippen LogP contribution < -0.4 is 4.90 Å². The molecule has 0 saturated heterocycles. The van der Waals surface area contributed by atoms with Crippen molar-refractivity contribution >= 4 is 90.9 Å². The first kappa shape index (κ1) is 28.3. The zero-order valence-corrected chi connectivity index (χ0v) is 28.1. The van der Waals surface area contributed by atoms with E-state index in [0.717, 1.165) is 17.1 Å². The molecule has 0 N–H and O–H groups in total. The van der Waals surface area contributed by atoms with Crippen molar-refractivity contribution in [3.8, 4) is 22.3 Å². The summed E-state index contributed by atoms with van der Waals surface area (Å²) >= 11 is 3.73. The first-order valence-electron chi connectivity index (χ1n) is 16.6. The van der Waals surface area contributed by atoms with Gasteiger partial charge in [-0.2, -0.15) is 0 Å². The lowest BCUT2D eigenvalue weighted by Crippen LogP contribution is -2.09. The third-order valence-corrected chi connectivity index (χ3v) is 11.9. The van der Waals surface area contributed by atoms with Gasteiger partial charge in [-0.05, 0) is 99.8 Å². The zero-order chi connectivity index (χ0) is 32.3. The van der Waals surface area contributed by atoms with Crippen molar-refractivity contribution in [3.63, 3.8) is 0 Å². The van der Waals surface area contributed by atoms with Gasteiger partial charge < -0.3 is 4.90 Å². The van der Waals surface area contributed by atoms with E-state index in [1.165, 1.54) is 73.4 Å². The Morgan fingerprint density at radius 2 is 0.857 bits per heavy atom. The average Bonchev–Trinajstić information content (AvgIpc) is 3.72. The molecule has 0 aliphatic heterocycles. The van der Waals surface area contributed by atoms with E-state index in [2.05, 4.69) is 181 Å². The molecule has 0 aliphatic carbocycles. The predicted molar refractivity (Wildman–Crippen MR) is 215 cm³/mol. The smallest absolute Gasteiger partial charge is 0.0476 e. The molecule has 0 aliphatic rings. The van der Waals surface area contributed by atoms with E-state index in [1.54, 1.807) is 0 Å². The van der Waals surface area contributed by atoms with E-state index >= 15 is 0 Å². The van der Waals surface area contributed by atoms with Crippen LogP contribution in [0.25, 0.3) is 73.4 Å². The number of anilines is 3. The summed E-state index contributed by atoms with van der Waals surface area (Å²) in [5.74, 6) is 0. The van der Waals surface area contributed by atoms with Crippen LogP contribution in [0.1, 0.15) is 0 Å². The van der Waals surface area contributed by atoms with Crippen LogP contribution in [-0.4, -0.2) is 0 Å². The second-order valence-electron chi connectivity index (χ2n) is 12.6. The van der Waals surface area contributed by atoms with E-state index < -0.39 is 0 Å². The molecule has 0 amide bonds. The van der Waals surface area contributed by atoms with Crippen LogP contribution in [0.2, 0.25) is 0 Å². The van der Waals surface area contributed by atoms with Crippen molar-refractivity contribution in [3.05, 3.63) is 176 Å². The number of thiophene rings is 2. The standard InChI is InChI=1S/C46H29NS2/c1-2-9-30(10-3-1)32-11-8-12-37(26-32)47(38-23-24-41-39-13-4-6-15-43(39)49-46(41)29-38)36-21-19-31(20-22-36)33-17-18-34-28-45-42(27-35(34)25-33)40-14-5-7-16-44(40)48-45/h1-29H. The summed E-state index contributed by atoms with van der Waals surface area (Å²) in [6, 6.07) is 64.5. The van der Waals surface area contributed by atoms with Gasteiger partial charge >= 0.3 is 0 Å². The van der Waals surface area contributed by atoms with Gasteiger partial charge in [0.1, 0.15) is 0 Å². The molecule has 1 nitrogen and oxygen atoms in total. The minimum Gasteiger partial charge on any atom is -0.310 e. The van der Waals surface area contributed by atoms with Gasteiger partial charge in [0.2, 0.25) is 0 Å². The van der Waals surface area contributed by atoms with Crippen molar-refractivity contribution in [2.45, 2.75) is 0 Å². The van der Waals surface area contributed by atoms with Crippen LogP contribution in [0.3, 0.4) is 0 Å². The number of nitrogens with zero attached hydrogens (tertiary/aromatic N) is 1. The lowest BCUT2D eigenvalue weighted by molar-refractivity contribution is 1.29. The van der Waals surface area contributed by atoms with Crippen LogP contribution >= 0.6 is 22.7 Å². The van der Waals surface area contributed by atoms with Crippen molar-refractivity contribution in [1.82, 2.24) is 0 Å². The maximum absolute atomic E-state index is 2.39. The second kappa shape index (κ2) is 11.5. The Kier molecular flexibility index (Phi) is 6.61. The molecular weight excluding hydrogens is 631 g/mol. The fourth-order valence-corrected chi connectivity index (χ4v) is 9.48. The Balaban J connectivity index is 1.08. The summed E-state index contributed by atoms with van der Waals surface area (Å²) in [7, 11) is 0. The molecule has 3 heteroatoms. The van der Waals surface area contributed by atoms with Gasteiger partial charge in [0, 0.05) is 57.4 Å². The highest BCUT2D eigenvalue weighted by Gasteiger charge is 2.16. The average molecular weight is 660 g/mol. The Hall–Kier alpha value is -5.74. The maximum atomic E-state index is 2.39. The Bertz CT molecular complexity index is 2830. The molecule has 0 saturated carbocycles. The van der Waals surface area contributed by atoms with E-state index in [1.807, 2.05) is 22.7 Å². The first-order chi connectivity index (χ1) is 24.2. The fraction of sp³-hybridized carbons (Fsp3) is 0. The normalized spacial score (nSPS) is 11.7. The Labute approximate surface area is 292 Å². The van der Waals surface area contributed by atoms with Crippen molar-refractivity contribution in [2.75, 3.05) is 4.90 Å². The summed E-state index contributed by atoms with van der Waals surface area (Å²) in [6.07, 6.45) is 0. The van der Waals surface area contributed by atoms with E-state index in [4.69, 9.17) is 0 Å². The van der Waals surface area contributed by atoms with Gasteiger partial charge in [0.15, 0.2) is 0 Å². The number of benzene rings is 8. The topological polar surface area (TPSA) is 3.24 Å². The number of hydrogen-bond donors (Lipinski definition) is 0. The summed E-state index contributed by atoms with van der Waals surface area (Å²) in [5, 5.41) is 7.85. The van der Waals surface area contributed by atoms with Crippen LogP contribution in [0.4, 0.5) is 17.1 Å². The van der Waals surface area contributed by atoms with E-state index in [9.17, 15) is 0 Å². The van der Waals surface area contributed by atoms with Crippen LogP contribution in [0.15, 0.2) is 176 Å². The highest BCUT2D eigenvalue weighted by molar-refractivity contribution is 7.26. The van der Waals surface area contributed by atoms with Gasteiger partial charge in [-0.1, -0.05) is 109 Å². The Morgan fingerprint density at radius 3 is 1.65 bits per heavy atom. The number of hydrogen-bond acceptors (Lipinski definition) is 3.